The van der Waals surface area contributed by atoms with Crippen LogP contribution in [-0.2, 0) is 27.3 Å². The smallest absolute Gasteiger partial charge is 0.493 e. The maximum atomic E-state index is 12.5. The highest BCUT2D eigenvalue weighted by Crippen LogP contribution is 2.38. The maximum absolute atomic E-state index is 12.5. The molecule has 2 aromatic rings. The Kier molecular flexibility index (Phi) is 8.56. The molecule has 11 heteroatoms. The number of esters is 1. The first kappa shape index (κ1) is 24.6. The van der Waals surface area contributed by atoms with E-state index in [1.807, 2.05) is 0 Å². The number of para-hydroxylation sites is 1. The number of rotatable bonds is 10. The van der Waals surface area contributed by atoms with E-state index in [4.69, 9.17) is 18.9 Å². The molecule has 1 N–H and O–H groups in total. The number of carbonyl (C=O) groups is 2. The van der Waals surface area contributed by atoms with Gasteiger partial charge in [0.2, 0.25) is 5.75 Å². The Morgan fingerprint density at radius 3 is 2.12 bits per heavy atom. The van der Waals surface area contributed by atoms with Gasteiger partial charge in [-0.1, -0.05) is 18.2 Å². The van der Waals surface area contributed by atoms with Crippen molar-refractivity contribution in [3.05, 3.63) is 47.5 Å². The summed E-state index contributed by atoms with van der Waals surface area (Å²) in [6.07, 6.45) is -5.03. The largest absolute Gasteiger partial charge is 0.573 e. The Morgan fingerprint density at radius 2 is 1.56 bits per heavy atom. The summed E-state index contributed by atoms with van der Waals surface area (Å²) < 4.78 is 61.9. The Hall–Kier alpha value is -3.63. The van der Waals surface area contributed by atoms with Gasteiger partial charge < -0.3 is 29.0 Å². The van der Waals surface area contributed by atoms with Crippen molar-refractivity contribution in [3.63, 3.8) is 0 Å². The third-order valence-electron chi connectivity index (χ3n) is 4.11. The molecule has 1 amide bonds. The molecule has 0 aliphatic heterocycles. The van der Waals surface area contributed by atoms with Crippen molar-refractivity contribution in [2.24, 2.45) is 0 Å². The van der Waals surface area contributed by atoms with E-state index in [1.165, 1.54) is 39.5 Å². The first-order chi connectivity index (χ1) is 15.2. The lowest BCUT2D eigenvalue weighted by atomic mass is 10.1. The Bertz CT molecular complexity index is 922. The van der Waals surface area contributed by atoms with Crippen LogP contribution < -0.4 is 24.3 Å². The lowest BCUT2D eigenvalue weighted by Crippen LogP contribution is -2.29. The Balaban J connectivity index is 1.90. The number of ether oxygens (including phenoxy) is 5. The van der Waals surface area contributed by atoms with E-state index in [9.17, 15) is 22.8 Å². The minimum Gasteiger partial charge on any atom is -0.493 e. The topological polar surface area (TPSA) is 92.3 Å². The van der Waals surface area contributed by atoms with Crippen LogP contribution in [0.1, 0.15) is 11.1 Å². The van der Waals surface area contributed by atoms with Gasteiger partial charge in [0.25, 0.3) is 5.91 Å². The normalized spacial score (nSPS) is 10.8. The molecule has 0 heterocycles. The third kappa shape index (κ3) is 7.25. The van der Waals surface area contributed by atoms with E-state index < -0.39 is 30.6 Å². The number of benzene rings is 2. The van der Waals surface area contributed by atoms with Gasteiger partial charge in [-0.05, 0) is 23.8 Å². The molecule has 0 spiro atoms. The molecule has 0 aliphatic carbocycles. The summed E-state index contributed by atoms with van der Waals surface area (Å²) >= 11 is 0. The molecule has 0 saturated carbocycles. The molecule has 0 fully saturated rings. The van der Waals surface area contributed by atoms with Crippen LogP contribution in [0.5, 0.6) is 23.0 Å². The number of hydrogen-bond acceptors (Lipinski definition) is 7. The van der Waals surface area contributed by atoms with Crippen molar-refractivity contribution < 1.29 is 46.4 Å². The van der Waals surface area contributed by atoms with Gasteiger partial charge in [0, 0.05) is 12.1 Å². The molecule has 2 rings (SSSR count). The molecular weight excluding hydrogens is 435 g/mol. The van der Waals surface area contributed by atoms with Crippen molar-refractivity contribution in [1.29, 1.82) is 0 Å². The number of nitrogens with one attached hydrogen (secondary N) is 1. The average molecular weight is 457 g/mol. The van der Waals surface area contributed by atoms with E-state index in [0.29, 0.717) is 22.8 Å². The van der Waals surface area contributed by atoms with Crippen LogP contribution in [-0.4, -0.2) is 46.2 Å². The fourth-order valence-corrected chi connectivity index (χ4v) is 2.72. The summed E-state index contributed by atoms with van der Waals surface area (Å²) in [6, 6.07) is 8.52. The molecular formula is C21H22F3NO7. The monoisotopic (exact) mass is 457 g/mol. The highest BCUT2D eigenvalue weighted by atomic mass is 19.4. The van der Waals surface area contributed by atoms with Gasteiger partial charge in [0.05, 0.1) is 27.8 Å². The van der Waals surface area contributed by atoms with Gasteiger partial charge >= 0.3 is 12.3 Å². The summed E-state index contributed by atoms with van der Waals surface area (Å²) in [5.41, 5.74) is 0.616. The van der Waals surface area contributed by atoms with Crippen molar-refractivity contribution in [2.45, 2.75) is 19.3 Å². The zero-order valence-corrected chi connectivity index (χ0v) is 17.6. The summed E-state index contributed by atoms with van der Waals surface area (Å²) in [4.78, 5) is 24.0. The van der Waals surface area contributed by atoms with Crippen molar-refractivity contribution >= 4 is 11.9 Å². The molecule has 0 bridgehead atoms. The second-order valence-electron chi connectivity index (χ2n) is 6.30. The first-order valence-electron chi connectivity index (χ1n) is 9.21. The number of methoxy groups -OCH3 is 3. The van der Waals surface area contributed by atoms with E-state index in [-0.39, 0.29) is 18.5 Å². The lowest BCUT2D eigenvalue weighted by molar-refractivity contribution is -0.274. The molecule has 0 aliphatic rings. The van der Waals surface area contributed by atoms with Crippen molar-refractivity contribution in [3.8, 4) is 23.0 Å². The fraction of sp³-hybridized carbons (Fsp3) is 0.333. The Labute approximate surface area is 182 Å². The number of halogens is 3. The second-order valence-corrected chi connectivity index (χ2v) is 6.30. The molecule has 8 nitrogen and oxygen atoms in total. The number of hydrogen-bond donors (Lipinski definition) is 1. The minimum absolute atomic E-state index is 0.113. The number of amides is 1. The van der Waals surface area contributed by atoms with Gasteiger partial charge in [0.15, 0.2) is 18.1 Å². The first-order valence-corrected chi connectivity index (χ1v) is 9.21. The average Bonchev–Trinajstić information content (AvgIpc) is 2.75. The standard InChI is InChI=1S/C21H22F3NO7/c1-28-16-8-13(9-17(29-2)20(16)30-3)10-19(27)31-12-18(26)25-11-14-6-4-5-7-15(14)32-21(22,23)24/h4-9H,10-12H2,1-3H3,(H,25,26). The molecule has 0 aromatic heterocycles. The SMILES string of the molecule is COc1cc(CC(=O)OCC(=O)NCc2ccccc2OC(F)(F)F)cc(OC)c1OC. The molecule has 32 heavy (non-hydrogen) atoms. The third-order valence-corrected chi connectivity index (χ3v) is 4.11. The molecule has 0 unspecified atom stereocenters. The van der Waals surface area contributed by atoms with Gasteiger partial charge in [-0.25, -0.2) is 0 Å². The predicted octanol–water partition coefficient (Wildman–Crippen LogP) is 3.01. The van der Waals surface area contributed by atoms with Crippen LogP contribution in [0.4, 0.5) is 13.2 Å². The van der Waals surface area contributed by atoms with Crippen LogP contribution in [0.2, 0.25) is 0 Å². The van der Waals surface area contributed by atoms with Gasteiger partial charge in [0.1, 0.15) is 5.75 Å². The quantitative estimate of drug-likeness (QED) is 0.549. The summed E-state index contributed by atoms with van der Waals surface area (Å²) in [5, 5.41) is 2.38. The zero-order valence-electron chi connectivity index (χ0n) is 17.6. The van der Waals surface area contributed by atoms with Crippen LogP contribution in [0.25, 0.3) is 0 Å². The van der Waals surface area contributed by atoms with E-state index in [2.05, 4.69) is 10.1 Å². The van der Waals surface area contributed by atoms with Crippen LogP contribution in [0.15, 0.2) is 36.4 Å². The van der Waals surface area contributed by atoms with Crippen LogP contribution >= 0.6 is 0 Å². The summed E-state index contributed by atoms with van der Waals surface area (Å²) in [6.45, 7) is -0.846. The maximum Gasteiger partial charge on any atom is 0.573 e. The molecule has 174 valence electrons. The lowest BCUT2D eigenvalue weighted by Gasteiger charge is -2.14. The summed E-state index contributed by atoms with van der Waals surface area (Å²) in [5.74, 6) is -0.750. The molecule has 0 atom stereocenters. The molecule has 0 radical (unpaired) electrons. The van der Waals surface area contributed by atoms with Gasteiger partial charge in [-0.2, -0.15) is 0 Å². The zero-order chi connectivity index (χ0) is 23.7. The number of alkyl halides is 3. The van der Waals surface area contributed by atoms with E-state index >= 15 is 0 Å². The van der Waals surface area contributed by atoms with Crippen molar-refractivity contribution in [2.75, 3.05) is 27.9 Å². The van der Waals surface area contributed by atoms with Gasteiger partial charge in [-0.3, -0.25) is 9.59 Å². The summed E-state index contributed by atoms with van der Waals surface area (Å²) in [7, 11) is 4.31. The predicted molar refractivity (Wildman–Crippen MR) is 106 cm³/mol. The highest BCUT2D eigenvalue weighted by molar-refractivity contribution is 5.81. The fourth-order valence-electron chi connectivity index (χ4n) is 2.72. The molecule has 2 aromatic carbocycles. The van der Waals surface area contributed by atoms with Crippen LogP contribution in [0.3, 0.4) is 0 Å². The minimum atomic E-state index is -4.86. The van der Waals surface area contributed by atoms with Gasteiger partial charge in [-0.15, -0.1) is 13.2 Å². The number of carbonyl (C=O) groups excluding carboxylic acids is 2. The van der Waals surface area contributed by atoms with E-state index in [0.717, 1.165) is 6.07 Å². The van der Waals surface area contributed by atoms with Crippen molar-refractivity contribution in [1.82, 2.24) is 5.32 Å². The Morgan fingerprint density at radius 1 is 0.938 bits per heavy atom. The van der Waals surface area contributed by atoms with Crippen LogP contribution in [0, 0.1) is 0 Å². The van der Waals surface area contributed by atoms with E-state index in [1.54, 1.807) is 12.1 Å². The second kappa shape index (κ2) is 11.1. The molecule has 0 saturated heterocycles. The highest BCUT2D eigenvalue weighted by Gasteiger charge is 2.32.